The fourth-order valence-corrected chi connectivity index (χ4v) is 3.21. The summed E-state index contributed by atoms with van der Waals surface area (Å²) in [5.74, 6) is 0.664. The minimum atomic E-state index is 0.664. The molecule has 0 bridgehead atoms. The van der Waals surface area contributed by atoms with Crippen molar-refractivity contribution in [2.24, 2.45) is 0 Å². The Hall–Kier alpha value is -0.990. The molecule has 0 amide bonds. The van der Waals surface area contributed by atoms with Crippen molar-refractivity contribution in [1.29, 1.82) is 0 Å². The van der Waals surface area contributed by atoms with Gasteiger partial charge in [-0.15, -0.1) is 0 Å². The zero-order chi connectivity index (χ0) is 12.7. The van der Waals surface area contributed by atoms with Crippen molar-refractivity contribution in [3.8, 4) is 0 Å². The van der Waals surface area contributed by atoms with Crippen molar-refractivity contribution < 1.29 is 0 Å². The van der Waals surface area contributed by atoms with E-state index < -0.39 is 0 Å². The first-order valence-corrected chi connectivity index (χ1v) is 7.04. The Morgan fingerprint density at radius 1 is 1.11 bits per heavy atom. The number of rotatable bonds is 1. The maximum atomic E-state index is 6.21. The molecule has 2 aromatic rings. The largest absolute Gasteiger partial charge is 0.358 e. The number of hydrogen-bond donors (Lipinski definition) is 2. The van der Waals surface area contributed by atoms with Crippen LogP contribution in [0.25, 0.3) is 10.9 Å². The lowest BCUT2D eigenvalue weighted by atomic mass is 9.92. The highest BCUT2D eigenvalue weighted by Crippen LogP contribution is 2.34. The second kappa shape index (κ2) is 4.60. The van der Waals surface area contributed by atoms with E-state index in [2.05, 4.69) is 30.2 Å². The third-order valence-electron chi connectivity index (χ3n) is 4.21. The summed E-state index contributed by atoms with van der Waals surface area (Å²) in [7, 11) is 0. The number of halogens is 1. The van der Waals surface area contributed by atoms with E-state index >= 15 is 0 Å². The number of benzene rings is 1. The molecule has 18 heavy (non-hydrogen) atoms. The molecule has 2 heterocycles. The number of fused-ring (bicyclic) bond motifs is 1. The van der Waals surface area contributed by atoms with Crippen molar-refractivity contribution >= 4 is 22.5 Å². The smallest absolute Gasteiger partial charge is 0.0503 e. The zero-order valence-corrected chi connectivity index (χ0v) is 11.7. The van der Waals surface area contributed by atoms with Crippen LogP contribution in [0.15, 0.2) is 12.1 Å². The molecule has 1 saturated heterocycles. The van der Waals surface area contributed by atoms with Crippen LogP contribution in [0.2, 0.25) is 5.02 Å². The van der Waals surface area contributed by atoms with Crippen LogP contribution in [0, 0.1) is 13.8 Å². The fraction of sp³-hybridized carbons (Fsp3) is 0.467. The van der Waals surface area contributed by atoms with Crippen molar-refractivity contribution in [2.75, 3.05) is 13.1 Å². The Balaban J connectivity index is 2.13. The van der Waals surface area contributed by atoms with Gasteiger partial charge in [-0.3, -0.25) is 0 Å². The molecule has 2 nitrogen and oxygen atoms in total. The maximum Gasteiger partial charge on any atom is 0.0503 e. The highest BCUT2D eigenvalue weighted by atomic mass is 35.5. The van der Waals surface area contributed by atoms with Crippen LogP contribution in [0.1, 0.15) is 35.6 Å². The van der Waals surface area contributed by atoms with Crippen LogP contribution < -0.4 is 5.32 Å². The number of hydrogen-bond acceptors (Lipinski definition) is 1. The molecule has 0 aliphatic carbocycles. The van der Waals surface area contributed by atoms with E-state index in [-0.39, 0.29) is 0 Å². The summed E-state index contributed by atoms with van der Waals surface area (Å²) < 4.78 is 0. The molecule has 1 aliphatic heterocycles. The molecule has 1 aliphatic rings. The van der Waals surface area contributed by atoms with Crippen LogP contribution >= 0.6 is 11.6 Å². The highest BCUT2D eigenvalue weighted by Gasteiger charge is 2.20. The number of piperidine rings is 1. The van der Waals surface area contributed by atoms with E-state index in [4.69, 9.17) is 11.6 Å². The van der Waals surface area contributed by atoms with Gasteiger partial charge in [-0.1, -0.05) is 17.7 Å². The number of nitrogens with one attached hydrogen (secondary N) is 2. The molecule has 0 saturated carbocycles. The summed E-state index contributed by atoms with van der Waals surface area (Å²) in [6.45, 7) is 6.56. The molecule has 96 valence electrons. The first-order valence-electron chi connectivity index (χ1n) is 6.66. The molecular formula is C15H19ClN2. The number of H-pyrrole nitrogens is 1. The lowest BCUT2D eigenvalue weighted by Crippen LogP contribution is -2.27. The van der Waals surface area contributed by atoms with Crippen LogP contribution in [-0.2, 0) is 0 Å². The third kappa shape index (κ3) is 1.84. The predicted octanol–water partition coefficient (Wildman–Crippen LogP) is 3.91. The molecule has 0 radical (unpaired) electrons. The standard InChI is InChI=1S/C15H19ClN2/c1-9-12-3-4-13(16)10(2)15(12)18-14(9)11-5-7-17-8-6-11/h3-4,11,17-18H,5-8H2,1-2H3. The summed E-state index contributed by atoms with van der Waals surface area (Å²) >= 11 is 6.21. The first kappa shape index (κ1) is 12.1. The molecule has 1 fully saturated rings. The summed E-state index contributed by atoms with van der Waals surface area (Å²) in [5.41, 5.74) is 5.19. The topological polar surface area (TPSA) is 27.8 Å². The lowest BCUT2D eigenvalue weighted by Gasteiger charge is -2.22. The Labute approximate surface area is 113 Å². The van der Waals surface area contributed by atoms with Gasteiger partial charge in [0, 0.05) is 22.0 Å². The number of aromatic nitrogens is 1. The van der Waals surface area contributed by atoms with Gasteiger partial charge in [0.05, 0.1) is 5.52 Å². The second-order valence-corrected chi connectivity index (χ2v) is 5.69. The Kier molecular flexibility index (Phi) is 3.08. The summed E-state index contributed by atoms with van der Waals surface area (Å²) in [6, 6.07) is 4.15. The van der Waals surface area contributed by atoms with Gasteiger partial charge >= 0.3 is 0 Å². The summed E-state index contributed by atoms with van der Waals surface area (Å²) in [5, 5.41) is 5.60. The third-order valence-corrected chi connectivity index (χ3v) is 4.62. The van der Waals surface area contributed by atoms with Gasteiger partial charge in [0.1, 0.15) is 0 Å². The predicted molar refractivity (Wildman–Crippen MR) is 77.6 cm³/mol. The lowest BCUT2D eigenvalue weighted by molar-refractivity contribution is 0.453. The van der Waals surface area contributed by atoms with Crippen molar-refractivity contribution in [1.82, 2.24) is 10.3 Å². The monoisotopic (exact) mass is 262 g/mol. The minimum Gasteiger partial charge on any atom is -0.358 e. The molecule has 1 aromatic heterocycles. The molecule has 3 heteroatoms. The number of aromatic amines is 1. The van der Waals surface area contributed by atoms with Crippen molar-refractivity contribution in [3.05, 3.63) is 34.0 Å². The Bertz CT molecular complexity index is 580. The van der Waals surface area contributed by atoms with Gasteiger partial charge in [-0.05, 0) is 57.0 Å². The normalized spacial score (nSPS) is 17.5. The molecule has 0 unspecified atom stereocenters. The molecule has 1 aromatic carbocycles. The van der Waals surface area contributed by atoms with E-state index in [9.17, 15) is 0 Å². The first-order chi connectivity index (χ1) is 8.68. The van der Waals surface area contributed by atoms with E-state index in [0.29, 0.717) is 5.92 Å². The van der Waals surface area contributed by atoms with E-state index in [1.807, 2.05) is 6.07 Å². The molecule has 3 rings (SSSR count). The second-order valence-electron chi connectivity index (χ2n) is 5.28. The highest BCUT2D eigenvalue weighted by molar-refractivity contribution is 6.32. The van der Waals surface area contributed by atoms with Gasteiger partial charge in [-0.25, -0.2) is 0 Å². The summed E-state index contributed by atoms with van der Waals surface area (Å²) in [4.78, 5) is 3.63. The quantitative estimate of drug-likeness (QED) is 0.801. The molecule has 0 atom stereocenters. The van der Waals surface area contributed by atoms with E-state index in [1.54, 1.807) is 0 Å². The van der Waals surface area contributed by atoms with Gasteiger partial charge in [0.2, 0.25) is 0 Å². The van der Waals surface area contributed by atoms with Crippen molar-refractivity contribution in [3.63, 3.8) is 0 Å². The van der Waals surface area contributed by atoms with Crippen LogP contribution in [0.4, 0.5) is 0 Å². The van der Waals surface area contributed by atoms with Gasteiger partial charge in [0.25, 0.3) is 0 Å². The Morgan fingerprint density at radius 2 is 1.83 bits per heavy atom. The summed E-state index contributed by atoms with van der Waals surface area (Å²) in [6.07, 6.45) is 2.45. The molecular weight excluding hydrogens is 244 g/mol. The van der Waals surface area contributed by atoms with Crippen LogP contribution in [0.5, 0.6) is 0 Å². The van der Waals surface area contributed by atoms with Gasteiger partial charge in [0.15, 0.2) is 0 Å². The maximum absolute atomic E-state index is 6.21. The van der Waals surface area contributed by atoms with Gasteiger partial charge in [-0.2, -0.15) is 0 Å². The van der Waals surface area contributed by atoms with Crippen LogP contribution in [-0.4, -0.2) is 18.1 Å². The molecule has 0 spiro atoms. The van der Waals surface area contributed by atoms with E-state index in [0.717, 1.165) is 23.7 Å². The van der Waals surface area contributed by atoms with Gasteiger partial charge < -0.3 is 10.3 Å². The van der Waals surface area contributed by atoms with Crippen LogP contribution in [0.3, 0.4) is 0 Å². The molecule has 2 N–H and O–H groups in total. The number of aryl methyl sites for hydroxylation is 2. The minimum absolute atomic E-state index is 0.664. The fourth-order valence-electron chi connectivity index (χ4n) is 3.05. The Morgan fingerprint density at radius 3 is 2.56 bits per heavy atom. The average molecular weight is 263 g/mol. The zero-order valence-electron chi connectivity index (χ0n) is 10.9. The SMILES string of the molecule is Cc1c(C2CCNCC2)[nH]c2c(C)c(Cl)ccc12. The van der Waals surface area contributed by atoms with Crippen molar-refractivity contribution in [2.45, 2.75) is 32.6 Å². The van der Waals surface area contributed by atoms with E-state index in [1.165, 1.54) is 35.0 Å². The average Bonchev–Trinajstić information content (AvgIpc) is 2.73.